The number of carbonyl (C=O) groups excluding carboxylic acids is 1. The predicted molar refractivity (Wildman–Crippen MR) is 101 cm³/mol. The minimum absolute atomic E-state index is 0.201. The molecule has 26 heavy (non-hydrogen) atoms. The third-order valence-corrected chi connectivity index (χ3v) is 6.46. The fourth-order valence-corrected chi connectivity index (χ4v) is 4.36. The number of esters is 1. The molecule has 5 nitrogen and oxygen atoms in total. The lowest BCUT2D eigenvalue weighted by Crippen LogP contribution is -2.42. The highest BCUT2D eigenvalue weighted by molar-refractivity contribution is 5.72. The summed E-state index contributed by atoms with van der Waals surface area (Å²) in [6.07, 6.45) is 5.79. The molecule has 1 fully saturated rings. The summed E-state index contributed by atoms with van der Waals surface area (Å²) in [4.78, 5) is 23.1. The third-order valence-electron chi connectivity index (χ3n) is 6.46. The number of rotatable bonds is 6. The maximum absolute atomic E-state index is 11.7. The number of hydrogen-bond donors (Lipinski definition) is 0. The summed E-state index contributed by atoms with van der Waals surface area (Å²) in [6, 6.07) is 0. The van der Waals surface area contributed by atoms with Crippen LogP contribution in [0.1, 0.15) is 73.1 Å². The second kappa shape index (κ2) is 8.41. The van der Waals surface area contributed by atoms with Gasteiger partial charge in [0.15, 0.2) is 0 Å². The molecule has 0 aromatic heterocycles. The predicted octanol–water partition coefficient (Wildman–Crippen LogP) is 4.60. The molecular weight excluding hydrogens is 332 g/mol. The van der Waals surface area contributed by atoms with E-state index >= 15 is 0 Å². The van der Waals surface area contributed by atoms with Gasteiger partial charge in [0.2, 0.25) is 0 Å². The molecule has 150 valence electrons. The van der Waals surface area contributed by atoms with Crippen LogP contribution in [0.4, 0.5) is 0 Å². The normalized spacial score (nSPS) is 33.0. The first-order valence-corrected chi connectivity index (χ1v) is 9.79. The van der Waals surface area contributed by atoms with Gasteiger partial charge in [0, 0.05) is 7.11 Å². The van der Waals surface area contributed by atoms with Gasteiger partial charge in [-0.1, -0.05) is 19.4 Å². The lowest BCUT2D eigenvalue weighted by Gasteiger charge is -2.41. The van der Waals surface area contributed by atoms with Crippen molar-refractivity contribution in [3.63, 3.8) is 0 Å². The fourth-order valence-electron chi connectivity index (χ4n) is 4.36. The Morgan fingerprint density at radius 2 is 1.92 bits per heavy atom. The van der Waals surface area contributed by atoms with Crippen molar-refractivity contribution in [3.8, 4) is 0 Å². The average Bonchev–Trinajstić information content (AvgIpc) is 2.60. The topological polar surface area (TPSA) is 54.0 Å². The Morgan fingerprint density at radius 1 is 1.23 bits per heavy atom. The molecule has 0 aromatic carbocycles. The molecule has 1 aliphatic carbocycles. The molecule has 2 rings (SSSR count). The van der Waals surface area contributed by atoms with Crippen molar-refractivity contribution >= 4 is 5.97 Å². The Balaban J connectivity index is 1.98. The maximum atomic E-state index is 11.7. The van der Waals surface area contributed by atoms with Crippen LogP contribution in [-0.4, -0.2) is 38.0 Å². The van der Waals surface area contributed by atoms with Crippen LogP contribution in [0.15, 0.2) is 11.1 Å². The van der Waals surface area contributed by atoms with Gasteiger partial charge in [-0.05, 0) is 70.3 Å². The molecule has 0 N–H and O–H groups in total. The second-order valence-electron chi connectivity index (χ2n) is 8.83. The van der Waals surface area contributed by atoms with Crippen molar-refractivity contribution in [1.29, 1.82) is 0 Å². The lowest BCUT2D eigenvalue weighted by atomic mass is 9.69. The smallest absolute Gasteiger partial charge is 0.311 e. The molecule has 1 saturated heterocycles. The van der Waals surface area contributed by atoms with E-state index in [1.54, 1.807) is 7.11 Å². The van der Waals surface area contributed by atoms with Crippen molar-refractivity contribution in [2.45, 2.75) is 91.0 Å². The zero-order valence-electron chi connectivity index (χ0n) is 17.5. The standard InChI is InChI=1S/C21H36O5/c1-14-16(20(3,4)11-9-17(14)23-6)8-12-21(5)13-10-18(25-26-21)15(2)19(22)24-7/h15,17-18H,8-13H2,1-7H3/t15-,17?,18+,21-/m1/s1. The Hall–Kier alpha value is -0.910. The minimum Gasteiger partial charge on any atom is -0.469 e. The highest BCUT2D eigenvalue weighted by atomic mass is 17.2. The number of hydrogen-bond acceptors (Lipinski definition) is 5. The van der Waals surface area contributed by atoms with E-state index in [2.05, 4.69) is 27.7 Å². The van der Waals surface area contributed by atoms with E-state index in [1.807, 2.05) is 6.92 Å². The van der Waals surface area contributed by atoms with Crippen LogP contribution in [0.2, 0.25) is 0 Å². The molecular formula is C21H36O5. The van der Waals surface area contributed by atoms with E-state index in [-0.39, 0.29) is 35.1 Å². The van der Waals surface area contributed by atoms with Crippen LogP contribution in [0.3, 0.4) is 0 Å². The van der Waals surface area contributed by atoms with Crippen molar-refractivity contribution in [2.24, 2.45) is 11.3 Å². The summed E-state index contributed by atoms with van der Waals surface area (Å²) >= 11 is 0. The molecule has 1 heterocycles. The summed E-state index contributed by atoms with van der Waals surface area (Å²) in [7, 11) is 3.20. The first-order valence-electron chi connectivity index (χ1n) is 9.79. The highest BCUT2D eigenvalue weighted by Gasteiger charge is 2.40. The van der Waals surface area contributed by atoms with Crippen LogP contribution in [0.5, 0.6) is 0 Å². The second-order valence-corrected chi connectivity index (χ2v) is 8.83. The summed E-state index contributed by atoms with van der Waals surface area (Å²) in [5, 5.41) is 0. The quantitative estimate of drug-likeness (QED) is 0.390. The van der Waals surface area contributed by atoms with E-state index in [4.69, 9.17) is 19.2 Å². The van der Waals surface area contributed by atoms with Crippen molar-refractivity contribution in [2.75, 3.05) is 14.2 Å². The van der Waals surface area contributed by atoms with Gasteiger partial charge in [-0.25, -0.2) is 9.78 Å². The van der Waals surface area contributed by atoms with Gasteiger partial charge in [0.1, 0.15) is 11.7 Å². The van der Waals surface area contributed by atoms with Crippen LogP contribution >= 0.6 is 0 Å². The van der Waals surface area contributed by atoms with Gasteiger partial charge >= 0.3 is 5.97 Å². The molecule has 0 radical (unpaired) electrons. The largest absolute Gasteiger partial charge is 0.469 e. The Labute approximate surface area is 158 Å². The minimum atomic E-state index is -0.324. The van der Waals surface area contributed by atoms with E-state index in [9.17, 15) is 4.79 Å². The van der Waals surface area contributed by atoms with Crippen LogP contribution < -0.4 is 0 Å². The van der Waals surface area contributed by atoms with Gasteiger partial charge in [-0.2, -0.15) is 0 Å². The number of methoxy groups -OCH3 is 2. The van der Waals surface area contributed by atoms with Gasteiger partial charge in [0.05, 0.1) is 19.1 Å². The number of ether oxygens (including phenoxy) is 2. The SMILES string of the molecule is COC(=O)[C@H](C)[C@@H]1CC[C@@](C)(CCC2=C(C)C(OC)CCC2(C)C)OO1. The summed E-state index contributed by atoms with van der Waals surface area (Å²) in [5.74, 6) is -0.563. The molecule has 0 saturated carbocycles. The molecule has 2 aliphatic rings. The summed E-state index contributed by atoms with van der Waals surface area (Å²) in [5.41, 5.74) is 2.74. The fraction of sp³-hybridized carbons (Fsp3) is 0.857. The molecule has 1 aliphatic heterocycles. The maximum Gasteiger partial charge on any atom is 0.311 e. The van der Waals surface area contributed by atoms with Crippen molar-refractivity contribution < 1.29 is 24.0 Å². The van der Waals surface area contributed by atoms with Crippen molar-refractivity contribution in [3.05, 3.63) is 11.1 Å². The van der Waals surface area contributed by atoms with Crippen LogP contribution in [-0.2, 0) is 24.0 Å². The van der Waals surface area contributed by atoms with Crippen LogP contribution in [0, 0.1) is 11.3 Å². The van der Waals surface area contributed by atoms with Gasteiger partial charge in [0.25, 0.3) is 0 Å². The first-order chi connectivity index (χ1) is 12.1. The van der Waals surface area contributed by atoms with Gasteiger partial charge in [-0.3, -0.25) is 4.79 Å². The van der Waals surface area contributed by atoms with E-state index in [0.717, 1.165) is 38.5 Å². The zero-order chi connectivity index (χ0) is 19.5. The van der Waals surface area contributed by atoms with E-state index in [1.165, 1.54) is 18.3 Å². The molecule has 1 unspecified atom stereocenters. The summed E-state index contributed by atoms with van der Waals surface area (Å²) in [6.45, 7) is 10.8. The Kier molecular flexibility index (Phi) is 6.92. The van der Waals surface area contributed by atoms with E-state index < -0.39 is 0 Å². The Bertz CT molecular complexity index is 529. The highest BCUT2D eigenvalue weighted by Crippen LogP contribution is 2.45. The first kappa shape index (κ1) is 21.4. The molecule has 0 amide bonds. The molecule has 0 spiro atoms. The molecule has 0 bridgehead atoms. The monoisotopic (exact) mass is 368 g/mol. The molecule has 5 heteroatoms. The molecule has 4 atom stereocenters. The third kappa shape index (κ3) is 4.68. The van der Waals surface area contributed by atoms with Gasteiger partial charge < -0.3 is 9.47 Å². The lowest BCUT2D eigenvalue weighted by molar-refractivity contribution is -0.411. The summed E-state index contributed by atoms with van der Waals surface area (Å²) < 4.78 is 10.5. The van der Waals surface area contributed by atoms with Crippen molar-refractivity contribution in [1.82, 2.24) is 0 Å². The number of allylic oxidation sites excluding steroid dienone is 1. The molecule has 0 aromatic rings. The average molecular weight is 369 g/mol. The zero-order valence-corrected chi connectivity index (χ0v) is 17.5. The van der Waals surface area contributed by atoms with Crippen LogP contribution in [0.25, 0.3) is 0 Å². The van der Waals surface area contributed by atoms with Gasteiger partial charge in [-0.15, -0.1) is 0 Å². The van der Waals surface area contributed by atoms with E-state index in [0.29, 0.717) is 0 Å². The Morgan fingerprint density at radius 3 is 2.46 bits per heavy atom. The number of carbonyl (C=O) groups is 1.